The minimum absolute atomic E-state index is 0.0221. The number of amides is 2. The second kappa shape index (κ2) is 14.3. The quantitative estimate of drug-likeness (QED) is 0.230. The van der Waals surface area contributed by atoms with Crippen molar-refractivity contribution < 1.29 is 27.5 Å². The fraction of sp³-hybridized carbons (Fsp3) is 0.250. The van der Waals surface area contributed by atoms with Crippen molar-refractivity contribution in [3.8, 4) is 11.5 Å². The fourth-order valence-corrected chi connectivity index (χ4v) is 4.98. The summed E-state index contributed by atoms with van der Waals surface area (Å²) in [5, 5.41) is 7.06. The van der Waals surface area contributed by atoms with Gasteiger partial charge in [-0.2, -0.15) is 5.10 Å². The smallest absolute Gasteiger partial charge is 0.264 e. The van der Waals surface area contributed by atoms with Crippen molar-refractivity contribution in [3.63, 3.8) is 0 Å². The molecule has 2 amide bonds. The van der Waals surface area contributed by atoms with Crippen LogP contribution in [0.25, 0.3) is 0 Å². The van der Waals surface area contributed by atoms with Gasteiger partial charge in [0.15, 0.2) is 6.61 Å². The van der Waals surface area contributed by atoms with Crippen molar-refractivity contribution in [2.45, 2.75) is 31.7 Å². The number of rotatable bonds is 13. The number of carbonyl (C=O) groups excluding carboxylic acids is 2. The Morgan fingerprint density at radius 2 is 1.52 bits per heavy atom. The highest BCUT2D eigenvalue weighted by Gasteiger charge is 2.27. The minimum atomic E-state index is -4.11. The number of hydrogen-bond acceptors (Lipinski definition) is 7. The van der Waals surface area contributed by atoms with Crippen LogP contribution in [0.4, 0.5) is 5.69 Å². The Balaban J connectivity index is 1.68. The number of sulfonamides is 1. The number of benzene rings is 3. The zero-order valence-corrected chi connectivity index (χ0v) is 23.9. The number of anilines is 1. The van der Waals surface area contributed by atoms with Crippen LogP contribution >= 0.6 is 11.6 Å². The van der Waals surface area contributed by atoms with E-state index in [0.717, 1.165) is 4.31 Å². The lowest BCUT2D eigenvalue weighted by Crippen LogP contribution is -2.39. The number of halogens is 1. The number of ether oxygens (including phenoxy) is 2. The zero-order valence-electron chi connectivity index (χ0n) is 22.3. The van der Waals surface area contributed by atoms with Crippen molar-refractivity contribution in [1.29, 1.82) is 0 Å². The summed E-state index contributed by atoms with van der Waals surface area (Å²) in [7, 11) is -4.11. The molecule has 2 N–H and O–H groups in total. The highest BCUT2D eigenvalue weighted by atomic mass is 35.5. The average molecular weight is 587 g/mol. The molecule has 0 heterocycles. The van der Waals surface area contributed by atoms with Crippen molar-refractivity contribution in [3.05, 3.63) is 83.4 Å². The summed E-state index contributed by atoms with van der Waals surface area (Å²) in [5.74, 6) is 0.192. The fourth-order valence-electron chi connectivity index (χ4n) is 3.43. The second-order valence-corrected chi connectivity index (χ2v) is 11.1. The SMILES string of the molecule is CCOc1ccc(N(CC(=O)N/N=C\c2ccc(OCC(=O)NC(C)C)cc2)S(=O)(=O)c2ccc(Cl)cc2)cc1. The standard InChI is InChI=1S/C28H31ClN4O6S/c1-4-38-24-13-9-23(10-14-24)33(40(36,37)26-15-7-22(29)8-16-26)18-27(34)32-30-17-21-5-11-25(12-6-21)39-19-28(35)31-20(2)3/h5-17,20H,4,18-19H2,1-3H3,(H,31,35)(H,32,34)/b30-17-. The third-order valence-electron chi connectivity index (χ3n) is 5.23. The van der Waals surface area contributed by atoms with Crippen LogP contribution in [-0.4, -0.2) is 52.2 Å². The van der Waals surface area contributed by atoms with E-state index in [9.17, 15) is 18.0 Å². The highest BCUT2D eigenvalue weighted by Crippen LogP contribution is 2.26. The summed E-state index contributed by atoms with van der Waals surface area (Å²) in [4.78, 5) is 24.5. The molecule has 0 aliphatic rings. The van der Waals surface area contributed by atoms with Crippen LogP contribution in [0.2, 0.25) is 5.02 Å². The first-order valence-corrected chi connectivity index (χ1v) is 14.3. The molecule has 12 heteroatoms. The summed E-state index contributed by atoms with van der Waals surface area (Å²) in [5.41, 5.74) is 3.29. The number of carbonyl (C=O) groups is 2. The van der Waals surface area contributed by atoms with Gasteiger partial charge in [0.2, 0.25) is 0 Å². The van der Waals surface area contributed by atoms with Gasteiger partial charge in [-0.15, -0.1) is 0 Å². The molecular weight excluding hydrogens is 556 g/mol. The topological polar surface area (TPSA) is 126 Å². The molecule has 0 fully saturated rings. The van der Waals surface area contributed by atoms with Gasteiger partial charge in [-0.1, -0.05) is 11.6 Å². The van der Waals surface area contributed by atoms with Crippen molar-refractivity contribution in [2.24, 2.45) is 5.10 Å². The van der Waals surface area contributed by atoms with Crippen LogP contribution in [-0.2, 0) is 19.6 Å². The summed E-state index contributed by atoms with van der Waals surface area (Å²) in [6, 6.07) is 18.8. The molecule has 0 aromatic heterocycles. The van der Waals surface area contributed by atoms with E-state index in [-0.39, 0.29) is 29.1 Å². The van der Waals surface area contributed by atoms with Gasteiger partial charge >= 0.3 is 0 Å². The molecule has 0 unspecified atom stereocenters. The van der Waals surface area contributed by atoms with Crippen molar-refractivity contribution in [2.75, 3.05) is 24.1 Å². The maximum Gasteiger partial charge on any atom is 0.264 e. The van der Waals surface area contributed by atoms with Crippen LogP contribution in [0.15, 0.2) is 82.8 Å². The Labute approximate surface area is 239 Å². The Morgan fingerprint density at radius 1 is 0.925 bits per heavy atom. The maximum absolute atomic E-state index is 13.5. The molecule has 212 valence electrons. The van der Waals surface area contributed by atoms with Crippen LogP contribution < -0.4 is 24.5 Å². The molecular formula is C28H31ClN4O6S. The van der Waals surface area contributed by atoms with Crippen LogP contribution in [0, 0.1) is 0 Å². The zero-order chi connectivity index (χ0) is 29.1. The van der Waals surface area contributed by atoms with E-state index in [4.69, 9.17) is 21.1 Å². The lowest BCUT2D eigenvalue weighted by atomic mass is 10.2. The Hall–Kier alpha value is -4.09. The van der Waals surface area contributed by atoms with Gasteiger partial charge in [0.1, 0.15) is 18.0 Å². The maximum atomic E-state index is 13.5. The third kappa shape index (κ3) is 8.99. The summed E-state index contributed by atoms with van der Waals surface area (Å²) in [6.07, 6.45) is 1.40. The lowest BCUT2D eigenvalue weighted by Gasteiger charge is -2.24. The van der Waals surface area contributed by atoms with Gasteiger partial charge in [0.05, 0.1) is 23.4 Å². The third-order valence-corrected chi connectivity index (χ3v) is 7.27. The summed E-state index contributed by atoms with van der Waals surface area (Å²) in [6.45, 7) is 5.39. The van der Waals surface area contributed by atoms with E-state index in [1.54, 1.807) is 48.5 Å². The van der Waals surface area contributed by atoms with E-state index in [1.165, 1.54) is 30.5 Å². The van der Waals surface area contributed by atoms with E-state index in [2.05, 4.69) is 15.8 Å². The largest absolute Gasteiger partial charge is 0.494 e. The molecule has 3 aromatic rings. The van der Waals surface area contributed by atoms with E-state index >= 15 is 0 Å². The molecule has 0 spiro atoms. The van der Waals surface area contributed by atoms with Crippen molar-refractivity contribution >= 4 is 45.3 Å². The number of hydrazone groups is 1. The molecule has 0 aliphatic carbocycles. The molecule has 0 saturated heterocycles. The van der Waals surface area contributed by atoms with Crippen molar-refractivity contribution in [1.82, 2.24) is 10.7 Å². The molecule has 0 aliphatic heterocycles. The first kappa shape index (κ1) is 30.5. The first-order chi connectivity index (χ1) is 19.1. The Morgan fingerprint density at radius 3 is 2.12 bits per heavy atom. The lowest BCUT2D eigenvalue weighted by molar-refractivity contribution is -0.123. The molecule has 0 atom stereocenters. The molecule has 0 bridgehead atoms. The summed E-state index contributed by atoms with van der Waals surface area (Å²) >= 11 is 5.93. The molecule has 40 heavy (non-hydrogen) atoms. The van der Waals surface area contributed by atoms with E-state index in [0.29, 0.717) is 28.7 Å². The molecule has 0 saturated carbocycles. The molecule has 3 rings (SSSR count). The molecule has 3 aromatic carbocycles. The van der Waals surface area contributed by atoms with E-state index in [1.807, 2.05) is 20.8 Å². The number of hydrogen-bond donors (Lipinski definition) is 2. The number of nitrogens with zero attached hydrogens (tertiary/aromatic N) is 2. The average Bonchev–Trinajstić information content (AvgIpc) is 2.92. The minimum Gasteiger partial charge on any atom is -0.494 e. The van der Waals surface area contributed by atoms with Gasteiger partial charge in [-0.05, 0) is 99.1 Å². The predicted molar refractivity (Wildman–Crippen MR) is 155 cm³/mol. The Kier molecular flexibility index (Phi) is 10.9. The van der Waals surface area contributed by atoms with Gasteiger partial charge in [0, 0.05) is 11.1 Å². The first-order valence-electron chi connectivity index (χ1n) is 12.4. The number of nitrogens with one attached hydrogen (secondary N) is 2. The predicted octanol–water partition coefficient (Wildman–Crippen LogP) is 3.99. The molecule has 0 radical (unpaired) electrons. The Bertz CT molecular complexity index is 1410. The highest BCUT2D eigenvalue weighted by molar-refractivity contribution is 7.92. The van der Waals surface area contributed by atoms with Crippen LogP contribution in [0.3, 0.4) is 0 Å². The monoisotopic (exact) mass is 586 g/mol. The van der Waals surface area contributed by atoms with Crippen LogP contribution in [0.5, 0.6) is 11.5 Å². The summed E-state index contributed by atoms with van der Waals surface area (Å²) < 4.78 is 38.8. The van der Waals surface area contributed by atoms with Crippen LogP contribution in [0.1, 0.15) is 26.3 Å². The van der Waals surface area contributed by atoms with Gasteiger partial charge < -0.3 is 14.8 Å². The molecule has 10 nitrogen and oxygen atoms in total. The van der Waals surface area contributed by atoms with Gasteiger partial charge in [0.25, 0.3) is 21.8 Å². The van der Waals surface area contributed by atoms with Gasteiger partial charge in [-0.25, -0.2) is 13.8 Å². The van der Waals surface area contributed by atoms with Gasteiger partial charge in [-0.3, -0.25) is 13.9 Å². The second-order valence-electron chi connectivity index (χ2n) is 8.77. The normalized spacial score (nSPS) is 11.3. The van der Waals surface area contributed by atoms with E-state index < -0.39 is 22.5 Å².